The number of ether oxygens (including phenoxy) is 4. The van der Waals surface area contributed by atoms with Crippen molar-refractivity contribution in [3.63, 3.8) is 0 Å². The number of anilines is 1. The molecule has 1 N–H and O–H groups in total. The van der Waals surface area contributed by atoms with E-state index in [2.05, 4.69) is 5.32 Å². The van der Waals surface area contributed by atoms with E-state index in [1.165, 1.54) is 7.11 Å². The SMILES string of the molecule is COC(=O)C[C@@H]1CC[C@@H]2[C@@H](COc3ccc(NC(=O)c4ccc(OC)cc4)cc3C(=O)N2C)O1. The molecule has 3 atom stereocenters. The van der Waals surface area contributed by atoms with Crippen molar-refractivity contribution in [1.29, 1.82) is 0 Å². The van der Waals surface area contributed by atoms with Crippen LogP contribution in [0, 0.1) is 0 Å². The Hall–Kier alpha value is -3.59. The zero-order valence-corrected chi connectivity index (χ0v) is 19.4. The average Bonchev–Trinajstić information content (AvgIpc) is 2.86. The second kappa shape index (κ2) is 10.1. The van der Waals surface area contributed by atoms with Gasteiger partial charge in [-0.1, -0.05) is 0 Å². The normalized spacial score (nSPS) is 21.8. The van der Waals surface area contributed by atoms with E-state index in [-0.39, 0.29) is 49.1 Å². The number of hydrogen-bond acceptors (Lipinski definition) is 7. The van der Waals surface area contributed by atoms with Gasteiger partial charge in [-0.15, -0.1) is 0 Å². The molecule has 2 aliphatic rings. The molecule has 0 aromatic heterocycles. The molecule has 0 bridgehead atoms. The second-order valence-corrected chi connectivity index (χ2v) is 8.34. The van der Waals surface area contributed by atoms with Crippen LogP contribution < -0.4 is 14.8 Å². The number of carbonyl (C=O) groups excluding carboxylic acids is 3. The van der Waals surface area contributed by atoms with Gasteiger partial charge < -0.3 is 29.2 Å². The second-order valence-electron chi connectivity index (χ2n) is 8.34. The molecule has 4 rings (SSSR count). The number of nitrogens with one attached hydrogen (secondary N) is 1. The van der Waals surface area contributed by atoms with Gasteiger partial charge >= 0.3 is 5.97 Å². The quantitative estimate of drug-likeness (QED) is 0.673. The fourth-order valence-corrected chi connectivity index (χ4v) is 4.32. The van der Waals surface area contributed by atoms with Crippen molar-refractivity contribution in [2.24, 2.45) is 0 Å². The number of amides is 2. The number of likely N-dealkylation sites (N-methyl/N-ethyl adjacent to an activating group) is 1. The number of benzene rings is 2. The lowest BCUT2D eigenvalue weighted by molar-refractivity contribution is -0.151. The predicted molar refractivity (Wildman–Crippen MR) is 123 cm³/mol. The molecule has 0 spiro atoms. The minimum absolute atomic E-state index is 0.172. The molecular formula is C25H28N2O7. The number of carbonyl (C=O) groups is 3. The summed E-state index contributed by atoms with van der Waals surface area (Å²) in [6.45, 7) is 0.241. The predicted octanol–water partition coefficient (Wildman–Crippen LogP) is 2.89. The highest BCUT2D eigenvalue weighted by molar-refractivity contribution is 6.05. The molecule has 1 saturated heterocycles. The van der Waals surface area contributed by atoms with E-state index < -0.39 is 0 Å². The van der Waals surface area contributed by atoms with Crippen molar-refractivity contribution < 1.29 is 33.3 Å². The third kappa shape index (κ3) is 4.99. The van der Waals surface area contributed by atoms with Crippen LogP contribution in [0.4, 0.5) is 5.69 Å². The molecule has 2 aromatic rings. The van der Waals surface area contributed by atoms with E-state index in [4.69, 9.17) is 18.9 Å². The van der Waals surface area contributed by atoms with Gasteiger partial charge in [-0.2, -0.15) is 0 Å². The Morgan fingerprint density at radius 1 is 1.12 bits per heavy atom. The van der Waals surface area contributed by atoms with Crippen LogP contribution in [-0.4, -0.2) is 68.8 Å². The Kier molecular flexibility index (Phi) is 7.02. The summed E-state index contributed by atoms with van der Waals surface area (Å²) in [5, 5.41) is 2.83. The summed E-state index contributed by atoms with van der Waals surface area (Å²) >= 11 is 0. The van der Waals surface area contributed by atoms with Crippen molar-refractivity contribution in [2.45, 2.75) is 37.5 Å². The van der Waals surface area contributed by atoms with Crippen LogP contribution in [0.25, 0.3) is 0 Å². The number of hydrogen-bond donors (Lipinski definition) is 1. The maximum atomic E-state index is 13.3. The molecule has 2 heterocycles. The van der Waals surface area contributed by atoms with E-state index >= 15 is 0 Å². The molecular weight excluding hydrogens is 440 g/mol. The van der Waals surface area contributed by atoms with Crippen LogP contribution in [-0.2, 0) is 14.3 Å². The lowest BCUT2D eigenvalue weighted by atomic mass is 9.94. The summed E-state index contributed by atoms with van der Waals surface area (Å²) in [4.78, 5) is 39.3. The maximum Gasteiger partial charge on any atom is 0.308 e. The number of nitrogens with zero attached hydrogens (tertiary/aromatic N) is 1. The first kappa shape index (κ1) is 23.6. The van der Waals surface area contributed by atoms with Crippen LogP contribution in [0.5, 0.6) is 11.5 Å². The van der Waals surface area contributed by atoms with Gasteiger partial charge in [-0.05, 0) is 55.3 Å². The summed E-state index contributed by atoms with van der Waals surface area (Å²) in [5.41, 5.74) is 1.32. The highest BCUT2D eigenvalue weighted by atomic mass is 16.6. The highest BCUT2D eigenvalue weighted by Crippen LogP contribution is 2.32. The van der Waals surface area contributed by atoms with Gasteiger partial charge in [0.1, 0.15) is 24.2 Å². The third-order valence-corrected chi connectivity index (χ3v) is 6.24. The molecule has 0 unspecified atom stereocenters. The van der Waals surface area contributed by atoms with Crippen LogP contribution in [0.3, 0.4) is 0 Å². The molecule has 9 heteroatoms. The molecule has 0 saturated carbocycles. The Labute approximate surface area is 197 Å². The number of rotatable bonds is 5. The Morgan fingerprint density at radius 3 is 2.59 bits per heavy atom. The van der Waals surface area contributed by atoms with E-state index in [0.29, 0.717) is 41.2 Å². The molecule has 2 aliphatic heterocycles. The van der Waals surface area contributed by atoms with Crippen LogP contribution >= 0.6 is 0 Å². The van der Waals surface area contributed by atoms with Crippen LogP contribution in [0.2, 0.25) is 0 Å². The van der Waals surface area contributed by atoms with Gasteiger partial charge in [0.25, 0.3) is 11.8 Å². The highest BCUT2D eigenvalue weighted by Gasteiger charge is 2.39. The third-order valence-electron chi connectivity index (χ3n) is 6.24. The lowest BCUT2D eigenvalue weighted by Gasteiger charge is -2.42. The van der Waals surface area contributed by atoms with Gasteiger partial charge in [-0.3, -0.25) is 14.4 Å². The first-order valence-corrected chi connectivity index (χ1v) is 11.1. The Bertz CT molecular complexity index is 1070. The van der Waals surface area contributed by atoms with Gasteiger partial charge in [0.05, 0.1) is 38.3 Å². The monoisotopic (exact) mass is 468 g/mol. The molecule has 2 aromatic carbocycles. The van der Waals surface area contributed by atoms with Crippen LogP contribution in [0.1, 0.15) is 40.0 Å². The van der Waals surface area contributed by atoms with Gasteiger partial charge in [-0.25, -0.2) is 0 Å². The fourth-order valence-electron chi connectivity index (χ4n) is 4.32. The topological polar surface area (TPSA) is 103 Å². The van der Waals surface area contributed by atoms with Crippen molar-refractivity contribution in [1.82, 2.24) is 4.90 Å². The minimum atomic E-state index is -0.361. The summed E-state index contributed by atoms with van der Waals surface area (Å²) in [6, 6.07) is 11.5. The van der Waals surface area contributed by atoms with E-state index in [9.17, 15) is 14.4 Å². The molecule has 9 nitrogen and oxygen atoms in total. The largest absolute Gasteiger partial charge is 0.497 e. The molecule has 180 valence electrons. The van der Waals surface area contributed by atoms with Crippen molar-refractivity contribution in [3.05, 3.63) is 53.6 Å². The fraction of sp³-hybridized carbons (Fsp3) is 0.400. The minimum Gasteiger partial charge on any atom is -0.497 e. The van der Waals surface area contributed by atoms with E-state index in [1.807, 2.05) is 0 Å². The zero-order chi connectivity index (χ0) is 24.2. The smallest absolute Gasteiger partial charge is 0.308 e. The van der Waals surface area contributed by atoms with E-state index in [0.717, 1.165) is 0 Å². The summed E-state index contributed by atoms with van der Waals surface area (Å²) < 4.78 is 21.9. The molecule has 34 heavy (non-hydrogen) atoms. The van der Waals surface area contributed by atoms with Crippen molar-refractivity contribution in [2.75, 3.05) is 33.2 Å². The first-order valence-electron chi connectivity index (χ1n) is 11.1. The number of methoxy groups -OCH3 is 2. The number of fused-ring (bicyclic) bond motifs is 2. The molecule has 0 radical (unpaired) electrons. The van der Waals surface area contributed by atoms with Crippen LogP contribution in [0.15, 0.2) is 42.5 Å². The summed E-state index contributed by atoms with van der Waals surface area (Å²) in [7, 11) is 4.65. The Balaban J connectivity index is 1.50. The van der Waals surface area contributed by atoms with Gasteiger partial charge in [0, 0.05) is 18.3 Å². The molecule has 1 fully saturated rings. The standard InChI is InChI=1S/C25H28N2O7/c1-27-20-10-9-18(13-23(28)32-3)34-22(20)14-33-21-11-6-16(12-19(21)25(27)30)26-24(29)15-4-7-17(31-2)8-5-15/h4-8,11-12,18,20,22H,9-10,13-14H2,1-3H3,(H,26,29)/t18-,20+,22+/m0/s1. The summed E-state index contributed by atoms with van der Waals surface area (Å²) in [5.74, 6) is 0.225. The molecule has 2 amide bonds. The lowest BCUT2D eigenvalue weighted by Crippen LogP contribution is -2.53. The van der Waals surface area contributed by atoms with Gasteiger partial charge in [0.2, 0.25) is 0 Å². The first-order chi connectivity index (χ1) is 16.4. The number of esters is 1. The van der Waals surface area contributed by atoms with E-state index in [1.54, 1.807) is 61.5 Å². The maximum absolute atomic E-state index is 13.3. The molecule has 0 aliphatic carbocycles. The zero-order valence-electron chi connectivity index (χ0n) is 19.4. The van der Waals surface area contributed by atoms with Crippen molar-refractivity contribution in [3.8, 4) is 11.5 Å². The Morgan fingerprint density at radius 2 is 1.88 bits per heavy atom. The summed E-state index contributed by atoms with van der Waals surface area (Å²) in [6.07, 6.45) is 0.862. The van der Waals surface area contributed by atoms with Gasteiger partial charge in [0.15, 0.2) is 0 Å². The van der Waals surface area contributed by atoms with Crippen molar-refractivity contribution >= 4 is 23.5 Å². The average molecular weight is 469 g/mol.